The van der Waals surface area contributed by atoms with E-state index >= 15 is 0 Å². The van der Waals surface area contributed by atoms with Crippen LogP contribution >= 0.6 is 11.8 Å². The fourth-order valence-corrected chi connectivity index (χ4v) is 4.41. The molecule has 138 valence electrons. The van der Waals surface area contributed by atoms with Gasteiger partial charge in [-0.2, -0.15) is 4.80 Å². The molecule has 1 fully saturated rings. The Kier molecular flexibility index (Phi) is 4.89. The summed E-state index contributed by atoms with van der Waals surface area (Å²) in [6.07, 6.45) is 0. The summed E-state index contributed by atoms with van der Waals surface area (Å²) < 4.78 is 14.1. The second-order valence-corrected chi connectivity index (χ2v) is 7.48. The SMILES string of the molecule is Cc1ccccc1-c1nnn(CC(=O)N2CCS[C@H]2c2ccccc2F)n1. The number of aryl methyl sites for hydroxylation is 1. The third-order valence-corrected chi connectivity index (χ3v) is 5.74. The minimum absolute atomic E-state index is 0.0234. The summed E-state index contributed by atoms with van der Waals surface area (Å²) in [5, 5.41) is 12.1. The fourth-order valence-electron chi connectivity index (χ4n) is 3.11. The number of tetrazole rings is 1. The topological polar surface area (TPSA) is 63.9 Å². The van der Waals surface area contributed by atoms with E-state index in [1.54, 1.807) is 34.9 Å². The molecule has 1 saturated heterocycles. The molecule has 2 heterocycles. The zero-order chi connectivity index (χ0) is 18.8. The molecule has 1 aromatic heterocycles. The van der Waals surface area contributed by atoms with Gasteiger partial charge in [0.25, 0.3) is 0 Å². The lowest BCUT2D eigenvalue weighted by Crippen LogP contribution is -2.34. The van der Waals surface area contributed by atoms with Crippen molar-refractivity contribution in [3.8, 4) is 11.4 Å². The molecule has 0 unspecified atom stereocenters. The van der Waals surface area contributed by atoms with Crippen LogP contribution in [0.4, 0.5) is 4.39 Å². The second-order valence-electron chi connectivity index (χ2n) is 6.29. The molecule has 3 aromatic rings. The van der Waals surface area contributed by atoms with Crippen LogP contribution in [-0.4, -0.2) is 43.3 Å². The predicted octanol–water partition coefficient (Wildman–Crippen LogP) is 3.06. The van der Waals surface area contributed by atoms with Gasteiger partial charge in [-0.15, -0.1) is 22.0 Å². The van der Waals surface area contributed by atoms with Gasteiger partial charge in [0, 0.05) is 23.4 Å². The van der Waals surface area contributed by atoms with Crippen LogP contribution < -0.4 is 0 Å². The Labute approximate surface area is 160 Å². The van der Waals surface area contributed by atoms with Crippen molar-refractivity contribution in [3.05, 3.63) is 65.5 Å². The zero-order valence-corrected chi connectivity index (χ0v) is 15.6. The molecule has 0 radical (unpaired) electrons. The van der Waals surface area contributed by atoms with E-state index in [4.69, 9.17) is 0 Å². The summed E-state index contributed by atoms with van der Waals surface area (Å²) >= 11 is 1.56. The van der Waals surface area contributed by atoms with Crippen molar-refractivity contribution in [3.63, 3.8) is 0 Å². The van der Waals surface area contributed by atoms with Crippen LogP contribution in [-0.2, 0) is 11.3 Å². The number of hydrogen-bond donors (Lipinski definition) is 0. The number of carbonyl (C=O) groups is 1. The lowest BCUT2D eigenvalue weighted by molar-refractivity contribution is -0.132. The van der Waals surface area contributed by atoms with Crippen LogP contribution in [0.15, 0.2) is 48.5 Å². The van der Waals surface area contributed by atoms with Crippen molar-refractivity contribution in [2.24, 2.45) is 0 Å². The number of carbonyl (C=O) groups excluding carboxylic acids is 1. The molecule has 0 saturated carbocycles. The summed E-state index contributed by atoms with van der Waals surface area (Å²) in [5.74, 6) is 0.809. The average Bonchev–Trinajstić information content (AvgIpc) is 3.32. The van der Waals surface area contributed by atoms with E-state index in [1.165, 1.54) is 10.9 Å². The van der Waals surface area contributed by atoms with Crippen molar-refractivity contribution < 1.29 is 9.18 Å². The Bertz CT molecular complexity index is 976. The molecule has 0 N–H and O–H groups in total. The maximum absolute atomic E-state index is 14.1. The first kappa shape index (κ1) is 17.7. The minimum Gasteiger partial charge on any atom is -0.324 e. The number of benzene rings is 2. The second kappa shape index (κ2) is 7.48. The Morgan fingerprint density at radius 3 is 2.81 bits per heavy atom. The van der Waals surface area contributed by atoms with Gasteiger partial charge in [-0.25, -0.2) is 4.39 Å². The lowest BCUT2D eigenvalue weighted by Gasteiger charge is -2.24. The van der Waals surface area contributed by atoms with E-state index in [0.29, 0.717) is 17.9 Å². The van der Waals surface area contributed by atoms with Crippen molar-refractivity contribution in [2.45, 2.75) is 18.8 Å². The quantitative estimate of drug-likeness (QED) is 0.693. The van der Waals surface area contributed by atoms with Crippen LogP contribution in [0.25, 0.3) is 11.4 Å². The Hall–Kier alpha value is -2.74. The summed E-state index contributed by atoms with van der Waals surface area (Å²) in [6, 6.07) is 14.3. The van der Waals surface area contributed by atoms with Crippen molar-refractivity contribution in [1.82, 2.24) is 25.1 Å². The van der Waals surface area contributed by atoms with E-state index in [2.05, 4.69) is 15.4 Å². The monoisotopic (exact) mass is 383 g/mol. The van der Waals surface area contributed by atoms with E-state index in [0.717, 1.165) is 16.9 Å². The number of thioether (sulfide) groups is 1. The van der Waals surface area contributed by atoms with E-state index < -0.39 is 0 Å². The predicted molar refractivity (Wildman–Crippen MR) is 101 cm³/mol. The molecule has 27 heavy (non-hydrogen) atoms. The molecule has 0 spiro atoms. The molecular formula is C19H18FN5OS. The maximum Gasteiger partial charge on any atom is 0.247 e. The van der Waals surface area contributed by atoms with Crippen molar-refractivity contribution in [2.75, 3.05) is 12.3 Å². The molecule has 1 aliphatic heterocycles. The standard InChI is InChI=1S/C19H18FN5OS/c1-13-6-2-3-7-14(13)18-21-23-25(22-18)12-17(26)24-10-11-27-19(24)15-8-4-5-9-16(15)20/h2-9,19H,10-12H2,1H3/t19-/m0/s1. The molecule has 1 amide bonds. The summed E-state index contributed by atoms with van der Waals surface area (Å²) in [6.45, 7) is 2.52. The average molecular weight is 383 g/mol. The van der Waals surface area contributed by atoms with Gasteiger partial charge in [0.1, 0.15) is 17.7 Å². The smallest absolute Gasteiger partial charge is 0.247 e. The Morgan fingerprint density at radius 1 is 1.22 bits per heavy atom. The third-order valence-electron chi connectivity index (χ3n) is 4.50. The molecule has 8 heteroatoms. The summed E-state index contributed by atoms with van der Waals surface area (Å²) in [4.78, 5) is 15.8. The van der Waals surface area contributed by atoms with E-state index in [9.17, 15) is 9.18 Å². The minimum atomic E-state index is -0.321. The van der Waals surface area contributed by atoms with Gasteiger partial charge in [0.05, 0.1) is 0 Å². The maximum atomic E-state index is 14.1. The van der Waals surface area contributed by atoms with Gasteiger partial charge < -0.3 is 4.90 Å². The molecular weight excluding hydrogens is 365 g/mol. The van der Waals surface area contributed by atoms with Crippen LogP contribution in [0.3, 0.4) is 0 Å². The number of amides is 1. The first-order valence-corrected chi connectivity index (χ1v) is 9.67. The normalized spacial score (nSPS) is 16.7. The highest BCUT2D eigenvalue weighted by molar-refractivity contribution is 7.99. The largest absolute Gasteiger partial charge is 0.324 e. The number of halogens is 1. The van der Waals surface area contributed by atoms with Gasteiger partial charge in [-0.3, -0.25) is 4.79 Å². The van der Waals surface area contributed by atoms with Gasteiger partial charge in [0.2, 0.25) is 11.7 Å². The number of nitrogens with zero attached hydrogens (tertiary/aromatic N) is 5. The van der Waals surface area contributed by atoms with E-state index in [1.807, 2.05) is 31.2 Å². The molecule has 6 nitrogen and oxygen atoms in total. The van der Waals surface area contributed by atoms with Crippen LogP contribution in [0, 0.1) is 12.7 Å². The third kappa shape index (κ3) is 3.57. The number of hydrogen-bond acceptors (Lipinski definition) is 5. The van der Waals surface area contributed by atoms with E-state index in [-0.39, 0.29) is 23.6 Å². The first-order valence-electron chi connectivity index (χ1n) is 8.63. The van der Waals surface area contributed by atoms with Crippen LogP contribution in [0.1, 0.15) is 16.5 Å². The van der Waals surface area contributed by atoms with Gasteiger partial charge in [0.15, 0.2) is 0 Å². The Morgan fingerprint density at radius 2 is 2.00 bits per heavy atom. The highest BCUT2D eigenvalue weighted by Gasteiger charge is 2.32. The molecule has 1 atom stereocenters. The van der Waals surface area contributed by atoms with Gasteiger partial charge >= 0.3 is 0 Å². The molecule has 2 aromatic carbocycles. The van der Waals surface area contributed by atoms with Crippen LogP contribution in [0.5, 0.6) is 0 Å². The summed E-state index contributed by atoms with van der Waals surface area (Å²) in [5.41, 5.74) is 2.46. The fraction of sp³-hybridized carbons (Fsp3) is 0.263. The molecule has 4 rings (SSSR count). The molecule has 0 aliphatic carbocycles. The Balaban J connectivity index is 1.51. The molecule has 1 aliphatic rings. The highest BCUT2D eigenvalue weighted by Crippen LogP contribution is 2.39. The first-order chi connectivity index (χ1) is 13.1. The highest BCUT2D eigenvalue weighted by atomic mass is 32.2. The molecule has 0 bridgehead atoms. The number of rotatable bonds is 4. The van der Waals surface area contributed by atoms with Crippen LogP contribution in [0.2, 0.25) is 0 Å². The zero-order valence-electron chi connectivity index (χ0n) is 14.7. The van der Waals surface area contributed by atoms with Crippen molar-refractivity contribution >= 4 is 17.7 Å². The van der Waals surface area contributed by atoms with Gasteiger partial charge in [-0.05, 0) is 23.8 Å². The number of aromatic nitrogens is 4. The van der Waals surface area contributed by atoms with Crippen molar-refractivity contribution in [1.29, 1.82) is 0 Å². The summed E-state index contributed by atoms with van der Waals surface area (Å²) in [7, 11) is 0. The lowest BCUT2D eigenvalue weighted by atomic mass is 10.1. The van der Waals surface area contributed by atoms with Gasteiger partial charge in [-0.1, -0.05) is 42.5 Å².